The quantitative estimate of drug-likeness (QED) is 0.566. The van der Waals surface area contributed by atoms with Crippen LogP contribution in [0.2, 0.25) is 0 Å². The molecule has 3 N–H and O–H groups in total. The number of aromatic nitrogens is 2. The lowest BCUT2D eigenvalue weighted by molar-refractivity contribution is 0.371. The maximum absolute atomic E-state index is 7.37. The zero-order chi connectivity index (χ0) is 13.7. The Morgan fingerprint density at radius 3 is 2.28 bits per heavy atom. The van der Waals surface area contributed by atoms with Crippen LogP contribution in [0, 0.1) is 11.3 Å². The van der Waals surface area contributed by atoms with Crippen LogP contribution in [-0.2, 0) is 0 Å². The number of anilines is 1. The molecule has 0 aliphatic rings. The third-order valence-corrected chi connectivity index (χ3v) is 2.51. The van der Waals surface area contributed by atoms with Gasteiger partial charge in [-0.25, -0.2) is 0 Å². The number of hydrogen-bond acceptors (Lipinski definition) is 6. The van der Waals surface area contributed by atoms with Gasteiger partial charge in [0.1, 0.15) is 0 Å². The van der Waals surface area contributed by atoms with E-state index in [0.717, 1.165) is 0 Å². The fourth-order valence-electron chi connectivity index (χ4n) is 1.36. The fourth-order valence-corrected chi connectivity index (χ4v) is 1.36. The second kappa shape index (κ2) is 6.04. The van der Waals surface area contributed by atoms with E-state index in [1.807, 2.05) is 14.0 Å². The molecule has 0 bridgehead atoms. The molecule has 0 saturated carbocycles. The number of nitrogens with zero attached hydrogens (tertiary/aromatic N) is 3. The summed E-state index contributed by atoms with van der Waals surface area (Å²) in [7, 11) is 4.89. The predicted molar refractivity (Wildman–Crippen MR) is 69.5 cm³/mol. The van der Waals surface area contributed by atoms with Crippen LogP contribution in [0.3, 0.4) is 0 Å². The van der Waals surface area contributed by atoms with Gasteiger partial charge in [0.2, 0.25) is 17.7 Å². The van der Waals surface area contributed by atoms with Crippen LogP contribution in [0.1, 0.15) is 6.92 Å². The highest BCUT2D eigenvalue weighted by Crippen LogP contribution is 2.19. The smallest absolute Gasteiger partial charge is 0.231 e. The number of ether oxygens (including phenoxy) is 2. The van der Waals surface area contributed by atoms with Gasteiger partial charge in [-0.3, -0.25) is 5.41 Å². The minimum Gasteiger partial charge on any atom is -0.481 e. The third kappa shape index (κ3) is 3.47. The number of amidine groups is 1. The second-order valence-corrected chi connectivity index (χ2v) is 3.99. The topological polar surface area (TPSA) is 97.4 Å². The van der Waals surface area contributed by atoms with Crippen LogP contribution < -0.4 is 20.1 Å². The summed E-state index contributed by atoms with van der Waals surface area (Å²) in [5.74, 6) is 1.39. The first kappa shape index (κ1) is 14.0. The van der Waals surface area contributed by atoms with Gasteiger partial charge in [-0.2, -0.15) is 9.97 Å². The van der Waals surface area contributed by atoms with E-state index in [0.29, 0.717) is 24.3 Å². The van der Waals surface area contributed by atoms with Crippen molar-refractivity contribution in [3.63, 3.8) is 0 Å². The van der Waals surface area contributed by atoms with Gasteiger partial charge in [-0.1, -0.05) is 6.92 Å². The molecule has 0 saturated heterocycles. The van der Waals surface area contributed by atoms with E-state index < -0.39 is 0 Å². The monoisotopic (exact) mass is 253 g/mol. The molecule has 0 aromatic carbocycles. The molecule has 0 fully saturated rings. The van der Waals surface area contributed by atoms with Crippen molar-refractivity contribution in [2.24, 2.45) is 11.7 Å². The summed E-state index contributed by atoms with van der Waals surface area (Å²) in [5.41, 5.74) is 5.44. The van der Waals surface area contributed by atoms with Crippen LogP contribution in [0.15, 0.2) is 6.07 Å². The average Bonchev–Trinajstić information content (AvgIpc) is 2.37. The minimum absolute atomic E-state index is 0.0733. The highest BCUT2D eigenvalue weighted by Gasteiger charge is 2.14. The van der Waals surface area contributed by atoms with Gasteiger partial charge in [0.15, 0.2) is 0 Å². The Balaban J connectivity index is 2.90. The van der Waals surface area contributed by atoms with Gasteiger partial charge in [-0.15, -0.1) is 0 Å². The molecule has 1 aromatic rings. The molecule has 18 heavy (non-hydrogen) atoms. The molecule has 1 unspecified atom stereocenters. The van der Waals surface area contributed by atoms with Crippen molar-refractivity contribution in [2.75, 3.05) is 32.7 Å². The number of rotatable bonds is 6. The van der Waals surface area contributed by atoms with E-state index in [1.54, 1.807) is 11.0 Å². The SMILES string of the molecule is COc1cc(OC)nc(N(C)CC(C)C(=N)N)n1. The van der Waals surface area contributed by atoms with E-state index in [2.05, 4.69) is 9.97 Å². The Hall–Kier alpha value is -2.05. The first-order chi connectivity index (χ1) is 8.47. The maximum Gasteiger partial charge on any atom is 0.231 e. The molecule has 0 spiro atoms. The molecule has 1 heterocycles. The lowest BCUT2D eigenvalue weighted by Gasteiger charge is -2.21. The zero-order valence-electron chi connectivity index (χ0n) is 11.1. The van der Waals surface area contributed by atoms with Crippen molar-refractivity contribution in [1.82, 2.24) is 9.97 Å². The van der Waals surface area contributed by atoms with E-state index in [4.69, 9.17) is 20.6 Å². The van der Waals surface area contributed by atoms with Crippen molar-refractivity contribution in [1.29, 1.82) is 5.41 Å². The molecule has 100 valence electrons. The minimum atomic E-state index is -0.0733. The largest absolute Gasteiger partial charge is 0.481 e. The van der Waals surface area contributed by atoms with Crippen LogP contribution >= 0.6 is 0 Å². The standard InChI is InChI=1S/C11H19N5O2/c1-7(10(12)13)6-16(2)11-14-8(17-3)5-9(15-11)18-4/h5,7H,6H2,1-4H3,(H3,12,13). The molecule has 0 amide bonds. The summed E-state index contributed by atoms with van der Waals surface area (Å²) >= 11 is 0. The van der Waals surface area contributed by atoms with Crippen LogP contribution in [0.5, 0.6) is 11.8 Å². The van der Waals surface area contributed by atoms with E-state index >= 15 is 0 Å². The Labute approximate surface area is 106 Å². The average molecular weight is 253 g/mol. The molecule has 1 rings (SSSR count). The Kier molecular flexibility index (Phi) is 4.70. The van der Waals surface area contributed by atoms with Gasteiger partial charge in [0, 0.05) is 19.5 Å². The van der Waals surface area contributed by atoms with Crippen LogP contribution in [0.25, 0.3) is 0 Å². The van der Waals surface area contributed by atoms with Crippen molar-refractivity contribution in [3.05, 3.63) is 6.07 Å². The molecule has 7 heteroatoms. The third-order valence-electron chi connectivity index (χ3n) is 2.51. The Bertz CT molecular complexity index is 402. The first-order valence-electron chi connectivity index (χ1n) is 5.50. The van der Waals surface area contributed by atoms with Crippen molar-refractivity contribution >= 4 is 11.8 Å². The van der Waals surface area contributed by atoms with E-state index in [-0.39, 0.29) is 11.8 Å². The lowest BCUT2D eigenvalue weighted by Crippen LogP contribution is -2.33. The summed E-state index contributed by atoms with van der Waals surface area (Å²) in [6.45, 7) is 2.42. The second-order valence-electron chi connectivity index (χ2n) is 3.99. The van der Waals surface area contributed by atoms with Gasteiger partial charge in [0.05, 0.1) is 26.1 Å². The van der Waals surface area contributed by atoms with Gasteiger partial charge < -0.3 is 20.1 Å². The molecule has 0 aliphatic carbocycles. The molecular formula is C11H19N5O2. The molecule has 0 radical (unpaired) electrons. The Morgan fingerprint density at radius 1 is 1.39 bits per heavy atom. The molecular weight excluding hydrogens is 234 g/mol. The number of nitrogens with one attached hydrogen (secondary N) is 1. The van der Waals surface area contributed by atoms with E-state index in [1.165, 1.54) is 14.2 Å². The van der Waals surface area contributed by atoms with Crippen LogP contribution in [0.4, 0.5) is 5.95 Å². The highest BCUT2D eigenvalue weighted by atomic mass is 16.5. The van der Waals surface area contributed by atoms with Gasteiger partial charge in [-0.05, 0) is 0 Å². The molecule has 1 atom stereocenters. The lowest BCUT2D eigenvalue weighted by atomic mass is 10.1. The summed E-state index contributed by atoms with van der Waals surface area (Å²) in [5, 5.41) is 7.37. The molecule has 0 aliphatic heterocycles. The van der Waals surface area contributed by atoms with Gasteiger partial charge in [0.25, 0.3) is 0 Å². The summed E-state index contributed by atoms with van der Waals surface area (Å²) in [6, 6.07) is 1.60. The summed E-state index contributed by atoms with van der Waals surface area (Å²) in [6.07, 6.45) is 0. The molecule has 7 nitrogen and oxygen atoms in total. The van der Waals surface area contributed by atoms with Crippen molar-refractivity contribution in [3.8, 4) is 11.8 Å². The molecule has 1 aromatic heterocycles. The normalized spacial score (nSPS) is 11.8. The number of hydrogen-bond donors (Lipinski definition) is 2. The number of nitrogens with two attached hydrogens (primary N) is 1. The fraction of sp³-hybridized carbons (Fsp3) is 0.545. The number of methoxy groups -OCH3 is 2. The predicted octanol–water partition coefficient (Wildman–Crippen LogP) is 0.502. The van der Waals surface area contributed by atoms with Crippen molar-refractivity contribution in [2.45, 2.75) is 6.92 Å². The van der Waals surface area contributed by atoms with Crippen LogP contribution in [-0.4, -0.2) is 43.6 Å². The summed E-state index contributed by atoms with van der Waals surface area (Å²) < 4.78 is 10.2. The van der Waals surface area contributed by atoms with E-state index in [9.17, 15) is 0 Å². The summed E-state index contributed by atoms with van der Waals surface area (Å²) in [4.78, 5) is 10.2. The first-order valence-corrected chi connectivity index (χ1v) is 5.50. The maximum atomic E-state index is 7.37. The highest BCUT2D eigenvalue weighted by molar-refractivity contribution is 5.79. The zero-order valence-corrected chi connectivity index (χ0v) is 11.1. The van der Waals surface area contributed by atoms with Gasteiger partial charge >= 0.3 is 0 Å². The Morgan fingerprint density at radius 2 is 1.89 bits per heavy atom. The van der Waals surface area contributed by atoms with Crippen molar-refractivity contribution < 1.29 is 9.47 Å².